The zero-order valence-corrected chi connectivity index (χ0v) is 23.2. The van der Waals surface area contributed by atoms with Gasteiger partial charge in [0, 0.05) is 60.7 Å². The van der Waals surface area contributed by atoms with E-state index in [0.717, 1.165) is 51.4 Å². The molecule has 198 valence electrons. The van der Waals surface area contributed by atoms with Gasteiger partial charge in [0.15, 0.2) is 0 Å². The largest absolute Gasteiger partial charge is 0.462 e. The van der Waals surface area contributed by atoms with Crippen LogP contribution in [0.15, 0.2) is 0 Å². The van der Waals surface area contributed by atoms with E-state index < -0.39 is 0 Å². The smallest absolute Gasteiger partial charge is 0.306 e. The fourth-order valence-corrected chi connectivity index (χ4v) is 5.63. The van der Waals surface area contributed by atoms with Crippen molar-refractivity contribution in [1.29, 1.82) is 0 Å². The molecular weight excluding hydrogens is 428 g/mol. The molecule has 2 saturated heterocycles. The number of rotatable bonds is 11. The van der Waals surface area contributed by atoms with Crippen LogP contribution in [0.5, 0.6) is 0 Å². The Morgan fingerprint density at radius 2 is 0.971 bits per heavy atom. The van der Waals surface area contributed by atoms with Crippen LogP contribution < -0.4 is 10.6 Å². The molecule has 6 heteroatoms. The number of esters is 2. The number of ether oxygens (including phenoxy) is 2. The Morgan fingerprint density at radius 3 is 1.32 bits per heavy atom. The molecule has 34 heavy (non-hydrogen) atoms. The number of hydrogen-bond donors (Lipinski definition) is 2. The lowest BCUT2D eigenvalue weighted by atomic mass is 9.81. The van der Waals surface area contributed by atoms with Gasteiger partial charge in [-0.25, -0.2) is 0 Å². The third kappa shape index (κ3) is 9.49. The molecule has 2 fully saturated rings. The number of piperidine rings is 2. The van der Waals surface area contributed by atoms with Crippen LogP contribution in [0.3, 0.4) is 0 Å². The summed E-state index contributed by atoms with van der Waals surface area (Å²) in [5.74, 6) is 0.538. The van der Waals surface area contributed by atoms with Crippen molar-refractivity contribution in [1.82, 2.24) is 10.6 Å². The van der Waals surface area contributed by atoms with Gasteiger partial charge in [-0.15, -0.1) is 0 Å². The van der Waals surface area contributed by atoms with Gasteiger partial charge in [-0.05, 0) is 54.4 Å². The highest BCUT2D eigenvalue weighted by Gasteiger charge is 2.39. The first-order valence-electron chi connectivity index (χ1n) is 13.7. The molecule has 6 unspecified atom stereocenters. The van der Waals surface area contributed by atoms with Gasteiger partial charge in [-0.2, -0.15) is 0 Å². The number of nitrogens with one attached hydrogen (secondary N) is 2. The minimum Gasteiger partial charge on any atom is -0.462 e. The summed E-state index contributed by atoms with van der Waals surface area (Å²) in [6, 6.07) is 0.689. The molecule has 2 rings (SSSR count). The van der Waals surface area contributed by atoms with Gasteiger partial charge in [-0.1, -0.05) is 39.5 Å². The SMILES string of the molecule is CC1NC(C)(C)CC(OC(=O)CCCCCCCCC(=O)OC2CC(C)(C)NC(C)C2C)C1C. The van der Waals surface area contributed by atoms with Gasteiger partial charge in [0.1, 0.15) is 12.2 Å². The lowest BCUT2D eigenvalue weighted by molar-refractivity contribution is -0.156. The molecule has 2 aliphatic rings. The lowest BCUT2D eigenvalue weighted by Crippen LogP contribution is -2.57. The predicted octanol–water partition coefficient (Wildman–Crippen LogP) is 5.52. The van der Waals surface area contributed by atoms with E-state index in [1.165, 1.54) is 0 Å². The van der Waals surface area contributed by atoms with Gasteiger partial charge in [-0.3, -0.25) is 9.59 Å². The Labute approximate surface area is 208 Å². The van der Waals surface area contributed by atoms with Gasteiger partial charge >= 0.3 is 11.9 Å². The molecule has 0 aliphatic carbocycles. The van der Waals surface area contributed by atoms with E-state index in [1.807, 2.05) is 0 Å². The highest BCUT2D eigenvalue weighted by atomic mass is 16.5. The van der Waals surface area contributed by atoms with Crippen molar-refractivity contribution < 1.29 is 19.1 Å². The zero-order chi connectivity index (χ0) is 25.5. The van der Waals surface area contributed by atoms with Crippen molar-refractivity contribution in [2.45, 2.75) is 155 Å². The van der Waals surface area contributed by atoms with E-state index >= 15 is 0 Å². The maximum absolute atomic E-state index is 12.3. The first kappa shape index (κ1) is 29.1. The molecule has 2 aliphatic heterocycles. The van der Waals surface area contributed by atoms with Crippen molar-refractivity contribution in [3.05, 3.63) is 0 Å². The van der Waals surface area contributed by atoms with E-state index in [2.05, 4.69) is 66.0 Å². The van der Waals surface area contributed by atoms with Crippen molar-refractivity contribution in [2.24, 2.45) is 11.8 Å². The van der Waals surface area contributed by atoms with Crippen LogP contribution in [0.4, 0.5) is 0 Å². The van der Waals surface area contributed by atoms with E-state index in [-0.39, 0.29) is 35.2 Å². The summed E-state index contributed by atoms with van der Waals surface area (Å²) in [5.41, 5.74) is 0.00827. The van der Waals surface area contributed by atoms with Gasteiger partial charge in [0.2, 0.25) is 0 Å². The average Bonchev–Trinajstić information content (AvgIpc) is 2.70. The van der Waals surface area contributed by atoms with Crippen LogP contribution in [0.25, 0.3) is 0 Å². The normalized spacial score (nSPS) is 32.7. The van der Waals surface area contributed by atoms with Crippen LogP contribution >= 0.6 is 0 Å². The second-order valence-electron chi connectivity index (χ2n) is 12.4. The molecule has 0 amide bonds. The Kier molecular flexibility index (Phi) is 10.9. The van der Waals surface area contributed by atoms with Gasteiger partial charge in [0.05, 0.1) is 0 Å². The summed E-state index contributed by atoms with van der Waals surface area (Å²) in [6.07, 6.45) is 8.72. The average molecular weight is 481 g/mol. The van der Waals surface area contributed by atoms with Crippen LogP contribution in [-0.4, -0.2) is 47.3 Å². The Morgan fingerprint density at radius 1 is 0.647 bits per heavy atom. The van der Waals surface area contributed by atoms with Crippen LogP contribution in [0, 0.1) is 11.8 Å². The lowest BCUT2D eigenvalue weighted by Gasteiger charge is -2.44. The number of carbonyl (C=O) groups is 2. The summed E-state index contributed by atoms with van der Waals surface area (Å²) >= 11 is 0. The summed E-state index contributed by atoms with van der Waals surface area (Å²) < 4.78 is 11.7. The summed E-state index contributed by atoms with van der Waals surface area (Å²) in [4.78, 5) is 24.7. The van der Waals surface area contributed by atoms with Gasteiger partial charge in [0.25, 0.3) is 0 Å². The molecule has 0 aromatic carbocycles. The highest BCUT2D eigenvalue weighted by Crippen LogP contribution is 2.30. The van der Waals surface area contributed by atoms with E-state index in [1.54, 1.807) is 0 Å². The van der Waals surface area contributed by atoms with E-state index in [9.17, 15) is 9.59 Å². The molecule has 6 nitrogen and oxygen atoms in total. The molecule has 0 bridgehead atoms. The van der Waals surface area contributed by atoms with E-state index in [4.69, 9.17) is 9.47 Å². The molecular formula is C28H52N2O4. The molecule has 0 aromatic heterocycles. The number of carbonyl (C=O) groups excluding carboxylic acids is 2. The topological polar surface area (TPSA) is 76.7 Å². The maximum Gasteiger partial charge on any atom is 0.306 e. The molecule has 2 N–H and O–H groups in total. The minimum absolute atomic E-state index is 0.000602. The maximum atomic E-state index is 12.3. The first-order valence-corrected chi connectivity index (χ1v) is 13.7. The highest BCUT2D eigenvalue weighted by molar-refractivity contribution is 5.70. The molecule has 0 aromatic rings. The van der Waals surface area contributed by atoms with Crippen molar-refractivity contribution in [2.75, 3.05) is 0 Å². The minimum atomic E-state index is -0.0610. The van der Waals surface area contributed by atoms with E-state index in [0.29, 0.717) is 36.8 Å². The first-order chi connectivity index (χ1) is 15.8. The van der Waals surface area contributed by atoms with Gasteiger partial charge < -0.3 is 20.1 Å². The van der Waals surface area contributed by atoms with Crippen molar-refractivity contribution in [3.63, 3.8) is 0 Å². The molecule has 0 spiro atoms. The second kappa shape index (κ2) is 12.7. The fourth-order valence-electron chi connectivity index (χ4n) is 5.63. The molecule has 6 atom stereocenters. The monoisotopic (exact) mass is 480 g/mol. The number of hydrogen-bond acceptors (Lipinski definition) is 6. The summed E-state index contributed by atoms with van der Waals surface area (Å²) in [5, 5.41) is 7.19. The van der Waals surface area contributed by atoms with Crippen LogP contribution in [0.2, 0.25) is 0 Å². The molecule has 0 radical (unpaired) electrons. The quantitative estimate of drug-likeness (QED) is 0.299. The zero-order valence-electron chi connectivity index (χ0n) is 23.2. The fraction of sp³-hybridized carbons (Fsp3) is 0.929. The van der Waals surface area contributed by atoms with Crippen LogP contribution in [0.1, 0.15) is 120 Å². The second-order valence-corrected chi connectivity index (χ2v) is 12.4. The van der Waals surface area contributed by atoms with Crippen LogP contribution in [-0.2, 0) is 19.1 Å². The third-order valence-electron chi connectivity index (χ3n) is 7.99. The Balaban J connectivity index is 1.52. The Hall–Kier alpha value is -1.14. The third-order valence-corrected chi connectivity index (χ3v) is 7.99. The molecule has 2 heterocycles. The predicted molar refractivity (Wildman–Crippen MR) is 138 cm³/mol. The number of unbranched alkanes of at least 4 members (excludes halogenated alkanes) is 5. The standard InChI is InChI=1S/C28H52N2O4/c1-19-21(3)29-27(5,6)17-23(19)33-25(31)15-13-11-9-10-12-14-16-26(32)34-24-18-28(7,8)30-22(4)20(24)2/h19-24,29-30H,9-18H2,1-8H3. The summed E-state index contributed by atoms with van der Waals surface area (Å²) in [7, 11) is 0. The molecule has 0 saturated carbocycles. The Bertz CT molecular complexity index is 607. The van der Waals surface area contributed by atoms with Crippen molar-refractivity contribution >= 4 is 11.9 Å². The van der Waals surface area contributed by atoms with Crippen molar-refractivity contribution in [3.8, 4) is 0 Å². The summed E-state index contributed by atoms with van der Waals surface area (Å²) in [6.45, 7) is 17.3.